The van der Waals surface area contributed by atoms with Crippen LogP contribution in [0.5, 0.6) is 0 Å². The summed E-state index contributed by atoms with van der Waals surface area (Å²) in [6, 6.07) is 0.577. The number of ether oxygens (including phenoxy) is 1. The predicted octanol–water partition coefficient (Wildman–Crippen LogP) is 1.26. The normalized spacial score (nSPS) is 34.1. The predicted molar refractivity (Wildman–Crippen MR) is 65.4 cm³/mol. The minimum Gasteiger partial charge on any atom is -0.376 e. The summed E-state index contributed by atoms with van der Waals surface area (Å²) in [7, 11) is 0. The summed E-state index contributed by atoms with van der Waals surface area (Å²) in [6.45, 7) is 3.82. The van der Waals surface area contributed by atoms with Crippen LogP contribution < -0.4 is 11.1 Å². The summed E-state index contributed by atoms with van der Waals surface area (Å²) >= 11 is 0. The molecule has 1 aliphatic carbocycles. The van der Waals surface area contributed by atoms with E-state index in [9.17, 15) is 0 Å². The van der Waals surface area contributed by atoms with Crippen molar-refractivity contribution in [3.8, 4) is 0 Å². The molecule has 0 bridgehead atoms. The smallest absolute Gasteiger partial charge is 0.188 e. The van der Waals surface area contributed by atoms with Gasteiger partial charge in [-0.1, -0.05) is 13.3 Å². The van der Waals surface area contributed by atoms with Crippen LogP contribution in [0.25, 0.3) is 0 Å². The van der Waals surface area contributed by atoms with Gasteiger partial charge in [0.2, 0.25) is 0 Å². The monoisotopic (exact) mass is 225 g/mol. The first-order chi connectivity index (χ1) is 7.79. The Morgan fingerprint density at radius 1 is 1.56 bits per heavy atom. The van der Waals surface area contributed by atoms with E-state index in [0.717, 1.165) is 25.4 Å². The highest BCUT2D eigenvalue weighted by atomic mass is 16.5. The van der Waals surface area contributed by atoms with E-state index >= 15 is 0 Å². The number of rotatable bonds is 5. The zero-order valence-electron chi connectivity index (χ0n) is 10.1. The average molecular weight is 225 g/mol. The highest BCUT2D eigenvalue weighted by Gasteiger charge is 2.36. The molecule has 16 heavy (non-hydrogen) atoms. The molecule has 3 atom stereocenters. The standard InChI is InChI=1S/C12H23N3O/c1-2-4-9-7-11(9)15-12(13)14-8-10-5-3-6-16-10/h9-11H,2-8H2,1H3,(H3,13,14,15). The Bertz CT molecular complexity index is 249. The van der Waals surface area contributed by atoms with E-state index in [1.54, 1.807) is 0 Å². The van der Waals surface area contributed by atoms with Gasteiger partial charge in [-0.3, -0.25) is 4.99 Å². The van der Waals surface area contributed by atoms with Gasteiger partial charge in [0.25, 0.3) is 0 Å². The molecule has 1 saturated carbocycles. The molecule has 1 aliphatic heterocycles. The minimum atomic E-state index is 0.297. The minimum absolute atomic E-state index is 0.297. The second-order valence-corrected chi connectivity index (χ2v) is 4.90. The first kappa shape index (κ1) is 11.7. The van der Waals surface area contributed by atoms with Crippen molar-refractivity contribution in [1.82, 2.24) is 5.32 Å². The lowest BCUT2D eigenvalue weighted by molar-refractivity contribution is 0.117. The molecule has 3 unspecified atom stereocenters. The fourth-order valence-corrected chi connectivity index (χ4v) is 2.34. The third-order valence-corrected chi connectivity index (χ3v) is 3.40. The van der Waals surface area contributed by atoms with E-state index in [4.69, 9.17) is 10.5 Å². The highest BCUT2D eigenvalue weighted by molar-refractivity contribution is 5.78. The Hall–Kier alpha value is -0.770. The van der Waals surface area contributed by atoms with Crippen molar-refractivity contribution < 1.29 is 4.74 Å². The van der Waals surface area contributed by atoms with E-state index < -0.39 is 0 Å². The van der Waals surface area contributed by atoms with Crippen molar-refractivity contribution >= 4 is 5.96 Å². The Morgan fingerprint density at radius 2 is 2.44 bits per heavy atom. The second-order valence-electron chi connectivity index (χ2n) is 4.90. The molecular weight excluding hydrogens is 202 g/mol. The summed E-state index contributed by atoms with van der Waals surface area (Å²) in [5.74, 6) is 1.42. The zero-order valence-corrected chi connectivity index (χ0v) is 10.1. The number of guanidine groups is 1. The van der Waals surface area contributed by atoms with Gasteiger partial charge in [-0.25, -0.2) is 0 Å². The highest BCUT2D eigenvalue weighted by Crippen LogP contribution is 2.34. The van der Waals surface area contributed by atoms with Gasteiger partial charge in [-0.15, -0.1) is 0 Å². The van der Waals surface area contributed by atoms with Crippen molar-refractivity contribution in [2.24, 2.45) is 16.6 Å². The SMILES string of the molecule is CCCC1CC1NC(N)=NCC1CCCO1. The molecule has 0 amide bonds. The third kappa shape index (κ3) is 3.37. The largest absolute Gasteiger partial charge is 0.376 e. The molecule has 92 valence electrons. The molecule has 0 aromatic heterocycles. The lowest BCUT2D eigenvalue weighted by Crippen LogP contribution is -2.35. The number of hydrogen-bond donors (Lipinski definition) is 2. The van der Waals surface area contributed by atoms with Crippen molar-refractivity contribution in [3.05, 3.63) is 0 Å². The summed E-state index contributed by atoms with van der Waals surface area (Å²) in [5.41, 5.74) is 5.83. The lowest BCUT2D eigenvalue weighted by atomic mass is 10.2. The van der Waals surface area contributed by atoms with Crippen molar-refractivity contribution in [2.75, 3.05) is 13.2 Å². The molecule has 1 saturated heterocycles. The van der Waals surface area contributed by atoms with Gasteiger partial charge in [0.1, 0.15) is 0 Å². The molecule has 4 heteroatoms. The van der Waals surface area contributed by atoms with Crippen LogP contribution in [0.4, 0.5) is 0 Å². The Morgan fingerprint density at radius 3 is 3.12 bits per heavy atom. The Balaban J connectivity index is 1.63. The maximum atomic E-state index is 5.83. The zero-order chi connectivity index (χ0) is 11.4. The maximum absolute atomic E-state index is 5.83. The van der Waals surface area contributed by atoms with Crippen molar-refractivity contribution in [3.63, 3.8) is 0 Å². The van der Waals surface area contributed by atoms with Crippen LogP contribution in [0, 0.1) is 5.92 Å². The topological polar surface area (TPSA) is 59.6 Å². The van der Waals surface area contributed by atoms with Crippen LogP contribution in [0.1, 0.15) is 39.0 Å². The van der Waals surface area contributed by atoms with Gasteiger partial charge >= 0.3 is 0 Å². The van der Waals surface area contributed by atoms with Gasteiger partial charge in [0, 0.05) is 12.6 Å². The molecule has 3 N–H and O–H groups in total. The first-order valence-corrected chi connectivity index (χ1v) is 6.47. The van der Waals surface area contributed by atoms with Gasteiger partial charge in [-0.05, 0) is 31.6 Å². The number of nitrogens with two attached hydrogens (primary N) is 1. The van der Waals surface area contributed by atoms with Crippen LogP contribution in [-0.2, 0) is 4.74 Å². The lowest BCUT2D eigenvalue weighted by Gasteiger charge is -2.08. The number of nitrogens with one attached hydrogen (secondary N) is 1. The molecular formula is C12H23N3O. The van der Waals surface area contributed by atoms with E-state index in [1.807, 2.05) is 0 Å². The number of hydrogen-bond acceptors (Lipinski definition) is 2. The molecule has 2 aliphatic rings. The van der Waals surface area contributed by atoms with E-state index in [2.05, 4.69) is 17.2 Å². The van der Waals surface area contributed by atoms with E-state index in [0.29, 0.717) is 24.7 Å². The number of nitrogens with zero attached hydrogens (tertiary/aromatic N) is 1. The molecule has 1 heterocycles. The Labute approximate surface area is 97.6 Å². The second kappa shape index (κ2) is 5.53. The maximum Gasteiger partial charge on any atom is 0.188 e. The summed E-state index contributed by atoms with van der Waals surface area (Å²) < 4.78 is 5.49. The first-order valence-electron chi connectivity index (χ1n) is 6.47. The molecule has 2 fully saturated rings. The fraction of sp³-hybridized carbons (Fsp3) is 0.917. The van der Waals surface area contributed by atoms with Gasteiger partial charge in [0.15, 0.2) is 5.96 Å². The van der Waals surface area contributed by atoms with Crippen LogP contribution in [-0.4, -0.2) is 31.3 Å². The van der Waals surface area contributed by atoms with Gasteiger partial charge in [-0.2, -0.15) is 0 Å². The van der Waals surface area contributed by atoms with Crippen LogP contribution >= 0.6 is 0 Å². The summed E-state index contributed by atoms with van der Waals surface area (Å²) in [5, 5.41) is 3.28. The third-order valence-electron chi connectivity index (χ3n) is 3.40. The van der Waals surface area contributed by atoms with Crippen molar-refractivity contribution in [1.29, 1.82) is 0 Å². The van der Waals surface area contributed by atoms with Crippen LogP contribution in [0.2, 0.25) is 0 Å². The summed E-state index contributed by atoms with van der Waals surface area (Å²) in [6.07, 6.45) is 6.40. The average Bonchev–Trinajstić information content (AvgIpc) is 2.82. The molecule has 0 spiro atoms. The van der Waals surface area contributed by atoms with Crippen molar-refractivity contribution in [2.45, 2.75) is 51.2 Å². The Kier molecular flexibility index (Phi) is 4.04. The van der Waals surface area contributed by atoms with E-state index in [-0.39, 0.29) is 0 Å². The fourth-order valence-electron chi connectivity index (χ4n) is 2.34. The molecule has 0 aromatic carbocycles. The van der Waals surface area contributed by atoms with E-state index in [1.165, 1.54) is 19.3 Å². The van der Waals surface area contributed by atoms with Crippen LogP contribution in [0.15, 0.2) is 4.99 Å². The summed E-state index contributed by atoms with van der Waals surface area (Å²) in [4.78, 5) is 4.34. The quantitative estimate of drug-likeness (QED) is 0.547. The molecule has 4 nitrogen and oxygen atoms in total. The van der Waals surface area contributed by atoms with Gasteiger partial charge in [0.05, 0.1) is 12.6 Å². The number of aliphatic imine (C=N–C) groups is 1. The molecule has 0 radical (unpaired) electrons. The van der Waals surface area contributed by atoms with Gasteiger partial charge < -0.3 is 15.8 Å². The van der Waals surface area contributed by atoms with Crippen LogP contribution in [0.3, 0.4) is 0 Å². The molecule has 0 aromatic rings. The molecule has 2 rings (SSSR count).